The predicted molar refractivity (Wildman–Crippen MR) is 110 cm³/mol. The van der Waals surface area contributed by atoms with Gasteiger partial charge in [-0.3, -0.25) is 4.90 Å². The molecule has 28 heavy (non-hydrogen) atoms. The van der Waals surface area contributed by atoms with Crippen molar-refractivity contribution in [1.82, 2.24) is 24.5 Å². The summed E-state index contributed by atoms with van der Waals surface area (Å²) in [5.74, 6) is 1.48. The van der Waals surface area contributed by atoms with Gasteiger partial charge in [-0.25, -0.2) is 4.98 Å². The van der Waals surface area contributed by atoms with Crippen molar-refractivity contribution in [3.8, 4) is 0 Å². The van der Waals surface area contributed by atoms with E-state index in [2.05, 4.69) is 67.4 Å². The highest BCUT2D eigenvalue weighted by Crippen LogP contribution is 2.17. The van der Waals surface area contributed by atoms with Crippen LogP contribution in [0.5, 0.6) is 0 Å². The van der Waals surface area contributed by atoms with Gasteiger partial charge >= 0.3 is 0 Å². The van der Waals surface area contributed by atoms with Crippen molar-refractivity contribution in [3.05, 3.63) is 48.4 Å². The van der Waals surface area contributed by atoms with E-state index in [-0.39, 0.29) is 6.04 Å². The number of hydrogen-bond acceptors (Lipinski definition) is 7. The van der Waals surface area contributed by atoms with Crippen LogP contribution in [0.3, 0.4) is 0 Å². The van der Waals surface area contributed by atoms with Crippen LogP contribution in [0.25, 0.3) is 5.78 Å². The fraction of sp³-hybridized carbons (Fsp3) is 0.450. The van der Waals surface area contributed by atoms with Crippen LogP contribution in [-0.4, -0.2) is 70.4 Å². The molecule has 0 saturated carbocycles. The lowest BCUT2D eigenvalue weighted by Crippen LogP contribution is -2.49. The summed E-state index contributed by atoms with van der Waals surface area (Å²) in [6.07, 6.45) is 1.53. The first-order valence-corrected chi connectivity index (χ1v) is 9.70. The second-order valence-corrected chi connectivity index (χ2v) is 7.21. The predicted octanol–water partition coefficient (Wildman–Crippen LogP) is 1.89. The van der Waals surface area contributed by atoms with Crippen LogP contribution in [0, 0.1) is 0 Å². The Bertz CT molecular complexity index is 890. The van der Waals surface area contributed by atoms with Crippen molar-refractivity contribution in [2.75, 3.05) is 50.1 Å². The van der Waals surface area contributed by atoms with Gasteiger partial charge in [0.2, 0.25) is 0 Å². The molecule has 0 spiro atoms. The van der Waals surface area contributed by atoms with Gasteiger partial charge in [0.05, 0.1) is 12.3 Å². The number of nitrogens with zero attached hydrogens (tertiary/aromatic N) is 6. The summed E-state index contributed by atoms with van der Waals surface area (Å²) in [4.78, 5) is 13.6. The Morgan fingerprint density at radius 2 is 1.93 bits per heavy atom. The van der Waals surface area contributed by atoms with Crippen LogP contribution < -0.4 is 10.2 Å². The van der Waals surface area contributed by atoms with Crippen molar-refractivity contribution in [1.29, 1.82) is 0 Å². The quantitative estimate of drug-likeness (QED) is 0.670. The molecule has 1 aliphatic heterocycles. The number of piperazine rings is 1. The zero-order chi connectivity index (χ0) is 19.3. The van der Waals surface area contributed by atoms with Crippen molar-refractivity contribution in [2.45, 2.75) is 19.6 Å². The van der Waals surface area contributed by atoms with Crippen LogP contribution in [0.2, 0.25) is 0 Å². The van der Waals surface area contributed by atoms with E-state index in [0.717, 1.165) is 44.2 Å². The lowest BCUT2D eigenvalue weighted by molar-refractivity contribution is 0.181. The van der Waals surface area contributed by atoms with Gasteiger partial charge in [0.15, 0.2) is 0 Å². The molecule has 3 heterocycles. The van der Waals surface area contributed by atoms with Crippen molar-refractivity contribution in [3.63, 3.8) is 0 Å². The van der Waals surface area contributed by atoms with Crippen LogP contribution in [0.15, 0.2) is 42.7 Å². The number of anilines is 2. The van der Waals surface area contributed by atoms with E-state index < -0.39 is 0 Å². The fourth-order valence-corrected chi connectivity index (χ4v) is 3.70. The van der Waals surface area contributed by atoms with Crippen LogP contribution >= 0.6 is 0 Å². The molecule has 8 nitrogen and oxygen atoms in total. The largest absolute Gasteiger partial charge is 0.378 e. The zero-order valence-corrected chi connectivity index (χ0v) is 16.5. The van der Waals surface area contributed by atoms with E-state index in [9.17, 15) is 0 Å². The van der Waals surface area contributed by atoms with Crippen LogP contribution in [0.4, 0.5) is 11.5 Å². The monoisotopic (exact) mass is 381 g/mol. The molecule has 0 amide bonds. The summed E-state index contributed by atoms with van der Waals surface area (Å²) in [6.45, 7) is 7.85. The van der Waals surface area contributed by atoms with Crippen LogP contribution in [-0.2, 0) is 11.3 Å². The Kier molecular flexibility index (Phi) is 5.68. The molecular formula is C20H27N7O. The Hall–Kier alpha value is -2.71. The number of fused-ring (bicyclic) bond motifs is 1. The van der Waals surface area contributed by atoms with E-state index in [1.54, 1.807) is 11.6 Å². The normalized spacial score (nSPS) is 16.4. The fourth-order valence-electron chi connectivity index (χ4n) is 3.70. The van der Waals surface area contributed by atoms with Crippen molar-refractivity contribution in [2.24, 2.45) is 0 Å². The molecule has 8 heteroatoms. The molecule has 1 saturated heterocycles. The van der Waals surface area contributed by atoms with Crippen LogP contribution in [0.1, 0.15) is 12.6 Å². The molecule has 0 bridgehead atoms. The summed E-state index contributed by atoms with van der Waals surface area (Å²) in [7, 11) is 1.67. The minimum absolute atomic E-state index is 0.272. The standard InChI is InChI=1S/C20H27N7O/c1-16(13-25-8-10-26(11-9-25)18-6-4-3-5-7-18)23-19-12-17(14-28-2)24-20-21-15-22-27(19)20/h3-7,12,15-16,23H,8-11,13-14H2,1-2H3/t16-/m0/s1. The third-order valence-electron chi connectivity index (χ3n) is 5.02. The molecule has 4 rings (SSSR count). The zero-order valence-electron chi connectivity index (χ0n) is 16.5. The molecule has 148 valence electrons. The Labute approximate surface area is 165 Å². The van der Waals surface area contributed by atoms with Gasteiger partial charge in [0.1, 0.15) is 12.1 Å². The highest BCUT2D eigenvalue weighted by atomic mass is 16.5. The van der Waals surface area contributed by atoms with Gasteiger partial charge < -0.3 is 15.0 Å². The third kappa shape index (κ3) is 4.23. The van der Waals surface area contributed by atoms with E-state index in [1.165, 1.54) is 12.0 Å². The minimum atomic E-state index is 0.272. The van der Waals surface area contributed by atoms with E-state index in [4.69, 9.17) is 4.74 Å². The number of aromatic nitrogens is 4. The number of para-hydroxylation sites is 1. The van der Waals surface area contributed by atoms with Gasteiger partial charge in [-0.15, -0.1) is 0 Å². The topological polar surface area (TPSA) is 70.8 Å². The van der Waals surface area contributed by atoms with Gasteiger partial charge in [-0.2, -0.15) is 14.6 Å². The molecule has 1 N–H and O–H groups in total. The maximum Gasteiger partial charge on any atom is 0.254 e. The SMILES string of the molecule is COCc1cc(N[C@@H](C)CN2CCN(c3ccccc3)CC2)n2ncnc2n1. The Balaban J connectivity index is 1.36. The molecule has 0 unspecified atom stereocenters. The van der Waals surface area contributed by atoms with E-state index in [1.807, 2.05) is 6.07 Å². The minimum Gasteiger partial charge on any atom is -0.378 e. The number of benzene rings is 1. The first-order valence-electron chi connectivity index (χ1n) is 9.70. The number of hydrogen-bond donors (Lipinski definition) is 1. The smallest absolute Gasteiger partial charge is 0.254 e. The molecule has 0 radical (unpaired) electrons. The van der Waals surface area contributed by atoms with E-state index in [0.29, 0.717) is 12.4 Å². The number of ether oxygens (including phenoxy) is 1. The molecule has 2 aromatic heterocycles. The molecule has 3 aromatic rings. The average molecular weight is 381 g/mol. The Morgan fingerprint density at radius 1 is 1.14 bits per heavy atom. The first kappa shape index (κ1) is 18.6. The second-order valence-electron chi connectivity index (χ2n) is 7.21. The molecule has 1 aromatic carbocycles. The van der Waals surface area contributed by atoms with Gasteiger partial charge in [0, 0.05) is 57.6 Å². The second kappa shape index (κ2) is 8.53. The summed E-state index contributed by atoms with van der Waals surface area (Å²) >= 11 is 0. The van der Waals surface area contributed by atoms with Gasteiger partial charge in [-0.05, 0) is 19.1 Å². The van der Waals surface area contributed by atoms with Gasteiger partial charge in [0.25, 0.3) is 5.78 Å². The molecule has 1 fully saturated rings. The highest BCUT2D eigenvalue weighted by molar-refractivity contribution is 5.47. The molecular weight excluding hydrogens is 354 g/mol. The average Bonchev–Trinajstić information content (AvgIpc) is 3.18. The molecule has 1 aliphatic rings. The Morgan fingerprint density at radius 3 is 2.68 bits per heavy atom. The molecule has 1 atom stereocenters. The summed E-state index contributed by atoms with van der Waals surface area (Å²) in [5, 5.41) is 7.85. The van der Waals surface area contributed by atoms with E-state index >= 15 is 0 Å². The van der Waals surface area contributed by atoms with Crippen molar-refractivity contribution >= 4 is 17.3 Å². The number of nitrogens with one attached hydrogen (secondary N) is 1. The number of rotatable bonds is 7. The molecule has 0 aliphatic carbocycles. The summed E-state index contributed by atoms with van der Waals surface area (Å²) in [5.41, 5.74) is 2.15. The summed E-state index contributed by atoms with van der Waals surface area (Å²) < 4.78 is 6.96. The lowest BCUT2D eigenvalue weighted by atomic mass is 10.2. The van der Waals surface area contributed by atoms with Crippen molar-refractivity contribution < 1.29 is 4.74 Å². The maximum atomic E-state index is 5.22. The summed E-state index contributed by atoms with van der Waals surface area (Å²) in [6, 6.07) is 12.9. The highest BCUT2D eigenvalue weighted by Gasteiger charge is 2.19. The third-order valence-corrected chi connectivity index (χ3v) is 5.02. The number of methoxy groups -OCH3 is 1. The maximum absolute atomic E-state index is 5.22. The lowest BCUT2D eigenvalue weighted by Gasteiger charge is -2.37. The van der Waals surface area contributed by atoms with Gasteiger partial charge in [-0.1, -0.05) is 18.2 Å². The first-order chi connectivity index (χ1) is 13.7.